The van der Waals surface area contributed by atoms with Gasteiger partial charge >= 0.3 is 19.4 Å². The first kappa shape index (κ1) is 28.7. The second-order valence-electron chi connectivity index (χ2n) is 9.08. The molecule has 0 radical (unpaired) electrons. The molecule has 1 aromatic carbocycles. The molecule has 13 nitrogen and oxygen atoms in total. The summed E-state index contributed by atoms with van der Waals surface area (Å²) < 4.78 is 51.7. The van der Waals surface area contributed by atoms with Crippen molar-refractivity contribution in [3.8, 4) is 5.75 Å². The molecule has 2 aromatic rings. The van der Waals surface area contributed by atoms with E-state index in [0.29, 0.717) is 0 Å². The number of para-hydroxylation sites is 1. The Morgan fingerprint density at radius 1 is 1.32 bits per heavy atom. The summed E-state index contributed by atoms with van der Waals surface area (Å²) in [4.78, 5) is 28.1. The number of aromatic nitrogens is 2. The Morgan fingerprint density at radius 3 is 2.57 bits per heavy atom. The SMILES string of the molecule is CC(C)OC(=O)C(C)NP(=O)(OC[C@@]1(F)O[C@@H](n2ccc(N)nc2=O)[C@](C)(N)[C@@H]1O)Oc1ccccc1. The van der Waals surface area contributed by atoms with E-state index in [1.54, 1.807) is 32.0 Å². The highest BCUT2D eigenvalue weighted by atomic mass is 31.2. The zero-order valence-electron chi connectivity index (χ0n) is 20.7. The van der Waals surface area contributed by atoms with Gasteiger partial charge < -0.3 is 30.6 Å². The molecule has 0 spiro atoms. The molecule has 1 aliphatic rings. The van der Waals surface area contributed by atoms with E-state index >= 15 is 4.39 Å². The Balaban J connectivity index is 1.85. The van der Waals surface area contributed by atoms with E-state index in [2.05, 4.69) is 10.1 Å². The monoisotopic (exact) mass is 543 g/mol. The lowest BCUT2D eigenvalue weighted by atomic mass is 9.92. The molecule has 2 heterocycles. The summed E-state index contributed by atoms with van der Waals surface area (Å²) >= 11 is 0. The number of nitrogen functional groups attached to an aromatic ring is 1. The molecule has 37 heavy (non-hydrogen) atoms. The van der Waals surface area contributed by atoms with E-state index in [-0.39, 0.29) is 11.6 Å². The van der Waals surface area contributed by atoms with Gasteiger partial charge in [0.25, 0.3) is 5.85 Å². The summed E-state index contributed by atoms with van der Waals surface area (Å²) in [5, 5.41) is 13.1. The van der Waals surface area contributed by atoms with Crippen LogP contribution in [0.3, 0.4) is 0 Å². The molecule has 2 unspecified atom stereocenters. The van der Waals surface area contributed by atoms with Crippen molar-refractivity contribution in [1.82, 2.24) is 14.6 Å². The summed E-state index contributed by atoms with van der Waals surface area (Å²) in [6.45, 7) is 4.73. The lowest BCUT2D eigenvalue weighted by Gasteiger charge is -2.29. The summed E-state index contributed by atoms with van der Waals surface area (Å²) in [7, 11) is -4.49. The molecule has 1 aromatic heterocycles. The number of esters is 1. The molecular weight excluding hydrogens is 512 g/mol. The number of hydrogen-bond acceptors (Lipinski definition) is 11. The number of nitrogens with zero attached hydrogens (tertiary/aromatic N) is 2. The van der Waals surface area contributed by atoms with Crippen LogP contribution in [0.1, 0.15) is 33.9 Å². The fourth-order valence-electron chi connectivity index (χ4n) is 3.56. The number of rotatable bonds is 10. The Labute approximate surface area is 212 Å². The van der Waals surface area contributed by atoms with Gasteiger partial charge in [-0.2, -0.15) is 10.1 Å². The largest absolute Gasteiger partial charge is 0.462 e. The first-order valence-electron chi connectivity index (χ1n) is 11.3. The fourth-order valence-corrected chi connectivity index (χ4v) is 5.06. The second-order valence-corrected chi connectivity index (χ2v) is 10.8. The predicted octanol–water partition coefficient (Wildman–Crippen LogP) is 1.23. The topological polar surface area (TPSA) is 190 Å². The number of ether oxygens (including phenoxy) is 2. The van der Waals surface area contributed by atoms with Crippen LogP contribution in [0.5, 0.6) is 5.75 Å². The molecular formula is C22H31FN5O8P. The average Bonchev–Trinajstić information content (AvgIpc) is 2.98. The van der Waals surface area contributed by atoms with Gasteiger partial charge in [0.15, 0.2) is 6.23 Å². The highest BCUT2D eigenvalue weighted by Gasteiger charge is 2.62. The smallest absolute Gasteiger partial charge is 0.459 e. The normalized spacial score (nSPS) is 28.0. The van der Waals surface area contributed by atoms with Gasteiger partial charge in [0.2, 0.25) is 0 Å². The van der Waals surface area contributed by atoms with Crippen LogP contribution in [0.2, 0.25) is 0 Å². The average molecular weight is 543 g/mol. The van der Waals surface area contributed by atoms with Crippen molar-refractivity contribution < 1.29 is 37.4 Å². The van der Waals surface area contributed by atoms with Gasteiger partial charge in [-0.3, -0.25) is 13.9 Å². The van der Waals surface area contributed by atoms with Crippen LogP contribution in [0.25, 0.3) is 0 Å². The van der Waals surface area contributed by atoms with Gasteiger partial charge in [-0.15, -0.1) is 0 Å². The van der Waals surface area contributed by atoms with Crippen molar-refractivity contribution in [2.45, 2.75) is 63.6 Å². The summed E-state index contributed by atoms with van der Waals surface area (Å²) in [6.07, 6.45) is -2.84. The van der Waals surface area contributed by atoms with Gasteiger partial charge in [-0.1, -0.05) is 18.2 Å². The number of halogens is 1. The second kappa shape index (κ2) is 10.9. The minimum atomic E-state index is -4.49. The molecule has 1 fully saturated rings. The molecule has 6 N–H and O–H groups in total. The van der Waals surface area contributed by atoms with Crippen molar-refractivity contribution >= 4 is 19.5 Å². The van der Waals surface area contributed by atoms with Crippen molar-refractivity contribution in [2.75, 3.05) is 12.3 Å². The molecule has 0 aliphatic carbocycles. The molecule has 0 amide bonds. The Hall–Kier alpha value is -2.87. The quantitative estimate of drug-likeness (QED) is 0.248. The fraction of sp³-hybridized carbons (Fsp3) is 0.500. The zero-order valence-corrected chi connectivity index (χ0v) is 21.6. The van der Waals surface area contributed by atoms with Crippen LogP contribution in [-0.2, 0) is 23.4 Å². The van der Waals surface area contributed by atoms with Gasteiger partial charge in [0, 0.05) is 6.20 Å². The molecule has 0 bridgehead atoms. The lowest BCUT2D eigenvalue weighted by molar-refractivity contribution is -0.203. The Bertz CT molecular complexity index is 1210. The van der Waals surface area contributed by atoms with Crippen LogP contribution in [0, 0.1) is 0 Å². The highest BCUT2D eigenvalue weighted by molar-refractivity contribution is 7.52. The first-order chi connectivity index (χ1) is 17.2. The molecule has 0 saturated carbocycles. The number of aliphatic hydroxyl groups excluding tert-OH is 1. The third kappa shape index (κ3) is 6.53. The minimum absolute atomic E-state index is 0.0800. The summed E-state index contributed by atoms with van der Waals surface area (Å²) in [6, 6.07) is 7.89. The first-order valence-corrected chi connectivity index (χ1v) is 12.9. The van der Waals surface area contributed by atoms with Crippen LogP contribution in [0.15, 0.2) is 47.4 Å². The number of hydrogen-bond donors (Lipinski definition) is 4. The van der Waals surface area contributed by atoms with Gasteiger partial charge in [-0.25, -0.2) is 13.8 Å². The van der Waals surface area contributed by atoms with E-state index in [9.17, 15) is 19.3 Å². The Morgan fingerprint density at radius 2 is 1.97 bits per heavy atom. The van der Waals surface area contributed by atoms with Gasteiger partial charge in [0.1, 0.15) is 30.3 Å². The standard InChI is InChI=1S/C22H31FN5O8P/c1-13(2)34-17(29)14(3)27-37(32,36-15-8-6-5-7-9-15)33-12-22(23)18(30)21(4,25)19(35-22)28-11-10-16(24)26-20(28)31/h5-11,13-14,18-19,30H,12,25H2,1-4H3,(H,27,32)(H2,24,26,31)/t14?,18-,19+,21+,22+,37?/m0/s1. The van der Waals surface area contributed by atoms with Crippen LogP contribution >= 0.6 is 7.75 Å². The summed E-state index contributed by atoms with van der Waals surface area (Å²) in [5.41, 5.74) is 8.89. The number of anilines is 1. The van der Waals surface area contributed by atoms with Crippen LogP contribution < -0.4 is 26.8 Å². The summed E-state index contributed by atoms with van der Waals surface area (Å²) in [5.74, 6) is -3.80. The number of aliphatic hydroxyl groups is 1. The Kier molecular flexibility index (Phi) is 8.42. The number of carbonyl (C=O) groups excluding carboxylic acids is 1. The van der Waals surface area contributed by atoms with Crippen LogP contribution in [0.4, 0.5) is 10.2 Å². The maximum absolute atomic E-state index is 16.0. The minimum Gasteiger partial charge on any atom is -0.462 e. The van der Waals surface area contributed by atoms with Gasteiger partial charge in [-0.05, 0) is 45.9 Å². The van der Waals surface area contributed by atoms with E-state index in [4.69, 9.17) is 30.0 Å². The van der Waals surface area contributed by atoms with E-state index in [1.165, 1.54) is 38.2 Å². The van der Waals surface area contributed by atoms with Crippen molar-refractivity contribution in [1.29, 1.82) is 0 Å². The van der Waals surface area contributed by atoms with E-state index in [0.717, 1.165) is 4.57 Å². The number of benzene rings is 1. The number of nitrogens with two attached hydrogens (primary N) is 2. The zero-order chi connectivity index (χ0) is 27.6. The van der Waals surface area contributed by atoms with Crippen molar-refractivity contribution in [3.63, 3.8) is 0 Å². The third-order valence-corrected chi connectivity index (χ3v) is 7.02. The van der Waals surface area contributed by atoms with Gasteiger partial charge in [0.05, 0.1) is 11.6 Å². The molecule has 3 rings (SSSR count). The number of carbonyl (C=O) groups is 1. The maximum Gasteiger partial charge on any atom is 0.459 e. The van der Waals surface area contributed by atoms with Crippen LogP contribution in [-0.4, -0.2) is 56.9 Å². The molecule has 6 atom stereocenters. The van der Waals surface area contributed by atoms with E-state index < -0.39 is 61.9 Å². The highest BCUT2D eigenvalue weighted by Crippen LogP contribution is 2.49. The molecule has 204 valence electrons. The maximum atomic E-state index is 16.0. The molecule has 1 aliphatic heterocycles. The molecule has 15 heteroatoms. The van der Waals surface area contributed by atoms with E-state index in [1.807, 2.05) is 0 Å². The van der Waals surface area contributed by atoms with Crippen molar-refractivity contribution in [2.24, 2.45) is 5.73 Å². The predicted molar refractivity (Wildman–Crippen MR) is 130 cm³/mol. The number of nitrogens with one attached hydrogen (secondary N) is 1. The third-order valence-electron chi connectivity index (χ3n) is 5.40. The number of alkyl halides is 1. The van der Waals surface area contributed by atoms with Crippen molar-refractivity contribution in [3.05, 3.63) is 53.1 Å². The lowest BCUT2D eigenvalue weighted by Crippen LogP contribution is -2.55. The molecule has 1 saturated heterocycles.